The topological polar surface area (TPSA) is 98.4 Å². The number of aromatic hydroxyl groups is 2. The second-order valence-electron chi connectivity index (χ2n) is 5.58. The molecule has 3 aromatic rings. The average Bonchev–Trinajstić information content (AvgIpc) is 3.29. The maximum atomic E-state index is 12.6. The molecule has 0 saturated carbocycles. The molecule has 2 heterocycles. The molecule has 4 rings (SSSR count). The van der Waals surface area contributed by atoms with Crippen molar-refractivity contribution in [1.82, 2.24) is 0 Å². The molecule has 7 nitrogen and oxygen atoms in total. The number of furan rings is 1. The maximum Gasteiger partial charge on any atom is 0.231 e. The molecule has 0 atom stereocenters. The highest BCUT2D eigenvalue weighted by atomic mass is 16.7. The number of rotatable bonds is 4. The van der Waals surface area contributed by atoms with Crippen molar-refractivity contribution in [2.24, 2.45) is 0 Å². The van der Waals surface area contributed by atoms with Crippen LogP contribution >= 0.6 is 0 Å². The van der Waals surface area contributed by atoms with E-state index >= 15 is 0 Å². The first-order valence-corrected chi connectivity index (χ1v) is 7.71. The summed E-state index contributed by atoms with van der Waals surface area (Å²) in [4.78, 5) is 12.6. The second kappa shape index (κ2) is 6.03. The minimum absolute atomic E-state index is 0.0115. The quantitative estimate of drug-likeness (QED) is 0.547. The minimum atomic E-state index is -0.584. The number of ether oxygens (including phenoxy) is 3. The van der Waals surface area contributed by atoms with E-state index in [0.29, 0.717) is 17.1 Å². The van der Waals surface area contributed by atoms with Gasteiger partial charge in [0.1, 0.15) is 11.3 Å². The highest BCUT2D eigenvalue weighted by Gasteiger charge is 2.25. The first kappa shape index (κ1) is 15.9. The summed E-state index contributed by atoms with van der Waals surface area (Å²) in [5, 5.41) is 21.0. The molecule has 1 aliphatic heterocycles. The minimum Gasteiger partial charge on any atom is -0.506 e. The molecule has 0 amide bonds. The van der Waals surface area contributed by atoms with E-state index in [4.69, 9.17) is 18.6 Å². The first-order valence-electron chi connectivity index (χ1n) is 7.71. The lowest BCUT2D eigenvalue weighted by atomic mass is 10.0. The van der Waals surface area contributed by atoms with E-state index in [1.54, 1.807) is 24.3 Å². The molecule has 1 aromatic heterocycles. The van der Waals surface area contributed by atoms with Crippen LogP contribution in [-0.2, 0) is 0 Å². The molecule has 1 aliphatic rings. The molecule has 0 spiro atoms. The van der Waals surface area contributed by atoms with Gasteiger partial charge in [-0.15, -0.1) is 0 Å². The Hall–Kier alpha value is -3.61. The van der Waals surface area contributed by atoms with Crippen LogP contribution in [0.25, 0.3) is 17.0 Å². The summed E-state index contributed by atoms with van der Waals surface area (Å²) in [5.74, 6) is -0.215. The number of hydrogen-bond acceptors (Lipinski definition) is 7. The first-order chi connectivity index (χ1) is 12.6. The molecule has 0 radical (unpaired) electrons. The molecular formula is C19H14O7. The lowest BCUT2D eigenvalue weighted by molar-refractivity contribution is 0.104. The predicted molar refractivity (Wildman–Crippen MR) is 92.0 cm³/mol. The second-order valence-corrected chi connectivity index (χ2v) is 5.58. The largest absolute Gasteiger partial charge is 0.506 e. The van der Waals surface area contributed by atoms with Crippen molar-refractivity contribution in [3.63, 3.8) is 0 Å². The van der Waals surface area contributed by atoms with E-state index in [2.05, 4.69) is 0 Å². The molecule has 132 valence electrons. The summed E-state index contributed by atoms with van der Waals surface area (Å²) < 4.78 is 20.8. The van der Waals surface area contributed by atoms with Crippen LogP contribution in [0.2, 0.25) is 0 Å². The summed E-state index contributed by atoms with van der Waals surface area (Å²) in [7, 11) is 1.34. The Morgan fingerprint density at radius 1 is 1.15 bits per heavy atom. The smallest absolute Gasteiger partial charge is 0.231 e. The van der Waals surface area contributed by atoms with Crippen molar-refractivity contribution >= 4 is 22.8 Å². The van der Waals surface area contributed by atoms with E-state index in [1.165, 1.54) is 25.5 Å². The van der Waals surface area contributed by atoms with E-state index in [9.17, 15) is 15.0 Å². The zero-order valence-corrected chi connectivity index (χ0v) is 13.7. The Morgan fingerprint density at radius 2 is 1.96 bits per heavy atom. The molecule has 0 bridgehead atoms. The van der Waals surface area contributed by atoms with Gasteiger partial charge in [-0.05, 0) is 29.8 Å². The average molecular weight is 354 g/mol. The monoisotopic (exact) mass is 354 g/mol. The van der Waals surface area contributed by atoms with Crippen LogP contribution in [-0.4, -0.2) is 29.9 Å². The van der Waals surface area contributed by atoms with Crippen molar-refractivity contribution in [2.75, 3.05) is 13.9 Å². The van der Waals surface area contributed by atoms with E-state index in [0.717, 1.165) is 0 Å². The van der Waals surface area contributed by atoms with Gasteiger partial charge < -0.3 is 28.8 Å². The Balaban J connectivity index is 1.72. The summed E-state index contributed by atoms with van der Waals surface area (Å²) >= 11 is 0. The Kier molecular flexibility index (Phi) is 3.69. The van der Waals surface area contributed by atoms with Gasteiger partial charge in [0.15, 0.2) is 28.6 Å². The van der Waals surface area contributed by atoms with Crippen LogP contribution in [0.1, 0.15) is 15.9 Å². The number of methoxy groups -OCH3 is 1. The molecule has 2 aromatic carbocycles. The zero-order valence-electron chi connectivity index (χ0n) is 13.7. The predicted octanol–water partition coefficient (Wildman–Crippen LogP) is 3.48. The van der Waals surface area contributed by atoms with Crippen LogP contribution in [0.3, 0.4) is 0 Å². The van der Waals surface area contributed by atoms with Gasteiger partial charge in [0, 0.05) is 0 Å². The molecule has 0 saturated heterocycles. The number of ketones is 1. The molecular weight excluding hydrogens is 340 g/mol. The zero-order chi connectivity index (χ0) is 18.3. The summed E-state index contributed by atoms with van der Waals surface area (Å²) in [6, 6.07) is 6.72. The van der Waals surface area contributed by atoms with Gasteiger partial charge in [0.2, 0.25) is 12.5 Å². The standard InChI is InChI=1S/C19H14O7/c1-23-19-17(22)15(16(21)11-6-7-24-18(11)19)12(20)4-2-10-3-5-13-14(8-10)26-9-25-13/h2-8,21-22H,9H2,1H3/b4-2+. The van der Waals surface area contributed by atoms with Gasteiger partial charge in [-0.3, -0.25) is 4.79 Å². The highest BCUT2D eigenvalue weighted by molar-refractivity contribution is 6.14. The van der Waals surface area contributed by atoms with Crippen LogP contribution in [0.5, 0.6) is 28.7 Å². The highest BCUT2D eigenvalue weighted by Crippen LogP contribution is 2.45. The summed E-state index contributed by atoms with van der Waals surface area (Å²) in [6.07, 6.45) is 4.13. The molecule has 0 unspecified atom stereocenters. The third-order valence-electron chi connectivity index (χ3n) is 4.09. The van der Waals surface area contributed by atoms with Crippen molar-refractivity contribution in [3.8, 4) is 28.7 Å². The van der Waals surface area contributed by atoms with Crippen LogP contribution in [0, 0.1) is 0 Å². The van der Waals surface area contributed by atoms with Crippen LogP contribution < -0.4 is 14.2 Å². The normalized spacial score (nSPS) is 12.8. The number of carbonyl (C=O) groups is 1. The van der Waals surface area contributed by atoms with Crippen LogP contribution in [0.4, 0.5) is 0 Å². The fourth-order valence-electron chi connectivity index (χ4n) is 2.83. The Morgan fingerprint density at radius 3 is 2.77 bits per heavy atom. The third kappa shape index (κ3) is 2.41. The van der Waals surface area contributed by atoms with Crippen molar-refractivity contribution in [3.05, 3.63) is 47.7 Å². The third-order valence-corrected chi connectivity index (χ3v) is 4.09. The number of phenols is 2. The fourth-order valence-corrected chi connectivity index (χ4v) is 2.83. The fraction of sp³-hybridized carbons (Fsp3) is 0.105. The number of phenolic OH excluding ortho intramolecular Hbond substituents is 2. The van der Waals surface area contributed by atoms with Gasteiger partial charge >= 0.3 is 0 Å². The number of fused-ring (bicyclic) bond motifs is 2. The lowest BCUT2D eigenvalue weighted by Crippen LogP contribution is -1.98. The summed E-state index contributed by atoms with van der Waals surface area (Å²) in [5.41, 5.74) is 0.615. The van der Waals surface area contributed by atoms with Crippen molar-refractivity contribution < 1.29 is 33.6 Å². The maximum absolute atomic E-state index is 12.6. The van der Waals surface area contributed by atoms with Gasteiger partial charge in [0.25, 0.3) is 0 Å². The van der Waals surface area contributed by atoms with Crippen molar-refractivity contribution in [1.29, 1.82) is 0 Å². The van der Waals surface area contributed by atoms with Gasteiger partial charge in [-0.2, -0.15) is 0 Å². The number of benzene rings is 2. The number of hydrogen-bond donors (Lipinski definition) is 2. The van der Waals surface area contributed by atoms with Gasteiger partial charge in [-0.25, -0.2) is 0 Å². The van der Waals surface area contributed by atoms with E-state index in [-0.39, 0.29) is 34.8 Å². The van der Waals surface area contributed by atoms with Gasteiger partial charge in [0.05, 0.1) is 18.8 Å². The van der Waals surface area contributed by atoms with E-state index < -0.39 is 11.5 Å². The molecule has 26 heavy (non-hydrogen) atoms. The van der Waals surface area contributed by atoms with E-state index in [1.807, 2.05) is 0 Å². The number of carbonyl (C=O) groups excluding carboxylic acids is 1. The molecule has 2 N–H and O–H groups in total. The number of allylic oxidation sites excluding steroid dienone is 1. The summed E-state index contributed by atoms with van der Waals surface area (Å²) in [6.45, 7) is 0.160. The Labute approximate surface area is 147 Å². The lowest BCUT2D eigenvalue weighted by Gasteiger charge is -2.10. The molecule has 0 aliphatic carbocycles. The Bertz CT molecular complexity index is 1050. The molecule has 0 fully saturated rings. The van der Waals surface area contributed by atoms with Crippen molar-refractivity contribution in [2.45, 2.75) is 0 Å². The van der Waals surface area contributed by atoms with Gasteiger partial charge in [-0.1, -0.05) is 12.1 Å². The SMILES string of the molecule is COc1c(O)c(C(=O)/C=C/c2ccc3c(c2)OCO3)c(O)c2ccoc12. The molecule has 7 heteroatoms. The van der Waals surface area contributed by atoms with Crippen LogP contribution in [0.15, 0.2) is 41.0 Å².